The van der Waals surface area contributed by atoms with Crippen molar-refractivity contribution in [2.75, 3.05) is 12.9 Å². The maximum atomic E-state index is 13.9. The Labute approximate surface area is 205 Å². The summed E-state index contributed by atoms with van der Waals surface area (Å²) >= 11 is 1.57. The van der Waals surface area contributed by atoms with Crippen LogP contribution in [0.25, 0.3) is 0 Å². The van der Waals surface area contributed by atoms with Gasteiger partial charge >= 0.3 is 0 Å². The molecule has 2 unspecified atom stereocenters. The molecule has 0 saturated heterocycles. The summed E-state index contributed by atoms with van der Waals surface area (Å²) in [5.74, 6) is -1.10. The lowest BCUT2D eigenvalue weighted by molar-refractivity contribution is -0.122. The summed E-state index contributed by atoms with van der Waals surface area (Å²) in [6.07, 6.45) is 2.14. The number of rotatable bonds is 5. The summed E-state index contributed by atoms with van der Waals surface area (Å²) in [6.45, 7) is 5.46. The van der Waals surface area contributed by atoms with Crippen LogP contribution in [-0.2, 0) is 19.5 Å². The van der Waals surface area contributed by atoms with E-state index in [1.165, 1.54) is 7.11 Å². The van der Waals surface area contributed by atoms with E-state index in [1.54, 1.807) is 31.7 Å². The number of thioether (sulfide) groups is 1. The number of oxime groups is 1. The summed E-state index contributed by atoms with van der Waals surface area (Å²) < 4.78 is 25.7. The van der Waals surface area contributed by atoms with Gasteiger partial charge in [0.05, 0.1) is 22.3 Å². The van der Waals surface area contributed by atoms with E-state index in [0.29, 0.717) is 34.4 Å². The number of benzene rings is 2. The SMILES string of the molecule is CO/N=C1\CCS(=O)(=O)c2c(C)cc(C(=O)C3C(=O)CCCC3Sc3ccc(C)cc3)c(C)c21. The number of sulfone groups is 1. The fraction of sp³-hybridized carbons (Fsp3) is 0.423. The van der Waals surface area contributed by atoms with Gasteiger partial charge in [-0.3, -0.25) is 9.59 Å². The summed E-state index contributed by atoms with van der Waals surface area (Å²) in [4.78, 5) is 33.2. The van der Waals surface area contributed by atoms with Crippen molar-refractivity contribution in [2.24, 2.45) is 11.1 Å². The van der Waals surface area contributed by atoms with Crippen LogP contribution >= 0.6 is 11.8 Å². The molecule has 0 N–H and O–H groups in total. The molecule has 4 rings (SSSR count). The molecule has 2 aromatic rings. The molecule has 0 aromatic heterocycles. The summed E-state index contributed by atoms with van der Waals surface area (Å²) in [6, 6.07) is 9.73. The molecule has 1 aliphatic heterocycles. The molecule has 1 heterocycles. The van der Waals surface area contributed by atoms with Crippen LogP contribution in [0.5, 0.6) is 0 Å². The maximum Gasteiger partial charge on any atom is 0.179 e. The fourth-order valence-electron chi connectivity index (χ4n) is 4.96. The van der Waals surface area contributed by atoms with E-state index in [4.69, 9.17) is 4.84 Å². The quantitative estimate of drug-likeness (QED) is 0.332. The highest BCUT2D eigenvalue weighted by molar-refractivity contribution is 8.00. The Hall–Kier alpha value is -2.45. The smallest absolute Gasteiger partial charge is 0.179 e. The first kappa shape index (κ1) is 24.7. The second-order valence-electron chi connectivity index (χ2n) is 9.03. The van der Waals surface area contributed by atoms with Crippen molar-refractivity contribution in [2.45, 2.75) is 61.5 Å². The van der Waals surface area contributed by atoms with Crippen molar-refractivity contribution in [3.05, 3.63) is 58.1 Å². The molecule has 2 atom stereocenters. The molecule has 1 fully saturated rings. The minimum Gasteiger partial charge on any atom is -0.399 e. The molecule has 6 nitrogen and oxygen atoms in total. The zero-order chi connectivity index (χ0) is 24.6. The van der Waals surface area contributed by atoms with E-state index in [-0.39, 0.29) is 33.9 Å². The second-order valence-corrected chi connectivity index (χ2v) is 12.4. The van der Waals surface area contributed by atoms with E-state index in [1.807, 2.05) is 31.2 Å². The molecule has 2 aromatic carbocycles. The van der Waals surface area contributed by atoms with Crippen LogP contribution in [0.1, 0.15) is 58.3 Å². The van der Waals surface area contributed by atoms with Crippen molar-refractivity contribution < 1.29 is 22.8 Å². The Morgan fingerprint density at radius 2 is 1.82 bits per heavy atom. The van der Waals surface area contributed by atoms with Gasteiger partial charge in [-0.25, -0.2) is 8.42 Å². The van der Waals surface area contributed by atoms with Gasteiger partial charge in [0.1, 0.15) is 12.9 Å². The molecule has 0 spiro atoms. The van der Waals surface area contributed by atoms with E-state index in [2.05, 4.69) is 5.16 Å². The first-order valence-corrected chi connectivity index (χ1v) is 13.9. The van der Waals surface area contributed by atoms with Crippen molar-refractivity contribution in [1.82, 2.24) is 0 Å². The molecule has 0 radical (unpaired) electrons. The van der Waals surface area contributed by atoms with Crippen LogP contribution in [0.15, 0.2) is 45.3 Å². The van der Waals surface area contributed by atoms with E-state index >= 15 is 0 Å². The number of ketones is 2. The average Bonchev–Trinajstić information content (AvgIpc) is 2.78. The van der Waals surface area contributed by atoms with E-state index < -0.39 is 15.8 Å². The zero-order valence-corrected chi connectivity index (χ0v) is 21.5. The largest absolute Gasteiger partial charge is 0.399 e. The first-order chi connectivity index (χ1) is 16.1. The third-order valence-corrected chi connectivity index (χ3v) is 9.87. The Morgan fingerprint density at radius 3 is 2.50 bits per heavy atom. The van der Waals surface area contributed by atoms with Gasteiger partial charge in [-0.05, 0) is 62.9 Å². The van der Waals surface area contributed by atoms with Crippen LogP contribution in [0.4, 0.5) is 0 Å². The third-order valence-electron chi connectivity index (χ3n) is 6.62. The van der Waals surface area contributed by atoms with Crippen molar-refractivity contribution >= 4 is 38.9 Å². The van der Waals surface area contributed by atoms with Crippen LogP contribution in [0, 0.1) is 26.7 Å². The molecular formula is C26H29NO5S2. The lowest BCUT2D eigenvalue weighted by atomic mass is 9.80. The normalized spacial score (nSPS) is 22.9. The van der Waals surface area contributed by atoms with Crippen LogP contribution in [0.3, 0.4) is 0 Å². The number of fused-ring (bicyclic) bond motifs is 1. The highest BCUT2D eigenvalue weighted by atomic mass is 32.2. The number of aryl methyl sites for hydroxylation is 2. The van der Waals surface area contributed by atoms with Crippen molar-refractivity contribution in [3.8, 4) is 0 Å². The second kappa shape index (κ2) is 9.66. The summed E-state index contributed by atoms with van der Waals surface area (Å²) in [5, 5.41) is 3.90. The average molecular weight is 500 g/mol. The number of carbonyl (C=O) groups excluding carboxylic acids is 2. The molecule has 34 heavy (non-hydrogen) atoms. The topological polar surface area (TPSA) is 89.9 Å². The summed E-state index contributed by atoms with van der Waals surface area (Å²) in [7, 11) is -2.08. The molecule has 2 aliphatic rings. The third kappa shape index (κ3) is 4.58. The fourth-order valence-corrected chi connectivity index (χ4v) is 8.10. The monoisotopic (exact) mass is 499 g/mol. The maximum absolute atomic E-state index is 13.9. The minimum atomic E-state index is -3.50. The predicted octanol–water partition coefficient (Wildman–Crippen LogP) is 4.85. The molecule has 8 heteroatoms. The lowest BCUT2D eigenvalue weighted by Gasteiger charge is -2.30. The zero-order valence-electron chi connectivity index (χ0n) is 19.9. The van der Waals surface area contributed by atoms with Gasteiger partial charge in [0.15, 0.2) is 15.6 Å². The van der Waals surface area contributed by atoms with Crippen LogP contribution in [0.2, 0.25) is 0 Å². The number of hydrogen-bond donors (Lipinski definition) is 0. The number of Topliss-reactive ketones (excluding diaryl/α,β-unsaturated/α-hetero) is 2. The van der Waals surface area contributed by atoms with Crippen molar-refractivity contribution in [1.29, 1.82) is 0 Å². The van der Waals surface area contributed by atoms with Gasteiger partial charge in [-0.15, -0.1) is 11.8 Å². The highest BCUT2D eigenvalue weighted by Crippen LogP contribution is 2.40. The van der Waals surface area contributed by atoms with Gasteiger partial charge < -0.3 is 4.84 Å². The highest BCUT2D eigenvalue weighted by Gasteiger charge is 2.40. The molecule has 180 valence electrons. The van der Waals surface area contributed by atoms with Crippen LogP contribution < -0.4 is 0 Å². The summed E-state index contributed by atoms with van der Waals surface area (Å²) in [5.41, 5.74) is 3.55. The molecule has 0 amide bonds. The first-order valence-electron chi connectivity index (χ1n) is 11.4. The van der Waals surface area contributed by atoms with Crippen molar-refractivity contribution in [3.63, 3.8) is 0 Å². The van der Waals surface area contributed by atoms with Gasteiger partial charge in [0, 0.05) is 34.1 Å². The molecular weight excluding hydrogens is 470 g/mol. The van der Waals surface area contributed by atoms with Gasteiger partial charge in [-0.1, -0.05) is 22.9 Å². The number of carbonyl (C=O) groups is 2. The Bertz CT molecular complexity index is 1280. The van der Waals surface area contributed by atoms with Gasteiger partial charge in [0.2, 0.25) is 0 Å². The standard InChI is InChI=1S/C26H29NO5S2/c1-15-8-10-18(11-9-15)33-22-7-5-6-21(28)24(22)25(29)19-14-16(2)26-23(17(19)3)20(27-32-4)12-13-34(26,30)31/h8-11,14,22,24H,5-7,12-13H2,1-4H3/b27-20+. The van der Waals surface area contributed by atoms with Gasteiger partial charge in [-0.2, -0.15) is 0 Å². The van der Waals surface area contributed by atoms with E-state index in [0.717, 1.165) is 23.3 Å². The predicted molar refractivity (Wildman–Crippen MR) is 134 cm³/mol. The Kier molecular flexibility index (Phi) is 7.01. The van der Waals surface area contributed by atoms with Gasteiger partial charge in [0.25, 0.3) is 0 Å². The Morgan fingerprint density at radius 1 is 1.12 bits per heavy atom. The number of hydrogen-bond acceptors (Lipinski definition) is 7. The van der Waals surface area contributed by atoms with Crippen LogP contribution in [-0.4, -0.2) is 43.8 Å². The molecule has 1 saturated carbocycles. The van der Waals surface area contributed by atoms with E-state index in [9.17, 15) is 18.0 Å². The molecule has 0 bridgehead atoms. The molecule has 1 aliphatic carbocycles. The Balaban J connectivity index is 1.78. The number of nitrogens with zero attached hydrogens (tertiary/aromatic N) is 1. The lowest BCUT2D eigenvalue weighted by Crippen LogP contribution is -2.37. The minimum absolute atomic E-state index is 0.0472.